The highest BCUT2D eigenvalue weighted by Gasteiger charge is 2.24. The molecule has 0 amide bonds. The lowest BCUT2D eigenvalue weighted by molar-refractivity contribution is 0.313. The summed E-state index contributed by atoms with van der Waals surface area (Å²) >= 11 is 8.15. The summed E-state index contributed by atoms with van der Waals surface area (Å²) in [4.78, 5) is 3.96. The van der Waals surface area contributed by atoms with E-state index >= 15 is 0 Å². The maximum absolute atomic E-state index is 6.25. The minimum atomic E-state index is 0.858. The van der Waals surface area contributed by atoms with Crippen LogP contribution in [0.2, 0.25) is 5.02 Å². The van der Waals surface area contributed by atoms with Gasteiger partial charge in [-0.3, -0.25) is 0 Å². The third-order valence-electron chi connectivity index (χ3n) is 4.92. The van der Waals surface area contributed by atoms with Crippen LogP contribution in [-0.4, -0.2) is 25.0 Å². The normalized spacial score (nSPS) is 18.8. The highest BCUT2D eigenvalue weighted by molar-refractivity contribution is 7.10. The largest absolute Gasteiger partial charge is 0.306 e. The SMILES string of the molecule is CN1CCC(=C2c3ccc(Cl)cc3CCc3sccc32)CC1. The van der Waals surface area contributed by atoms with Gasteiger partial charge in [0.1, 0.15) is 0 Å². The van der Waals surface area contributed by atoms with Crippen LogP contribution in [0.3, 0.4) is 0 Å². The predicted molar refractivity (Wildman–Crippen MR) is 95.9 cm³/mol. The molecule has 0 spiro atoms. The van der Waals surface area contributed by atoms with Gasteiger partial charge in [-0.25, -0.2) is 0 Å². The van der Waals surface area contributed by atoms with E-state index in [2.05, 4.69) is 35.5 Å². The van der Waals surface area contributed by atoms with Crippen molar-refractivity contribution in [3.8, 4) is 0 Å². The van der Waals surface area contributed by atoms with E-state index < -0.39 is 0 Å². The number of hydrogen-bond acceptors (Lipinski definition) is 2. The van der Waals surface area contributed by atoms with E-state index in [-0.39, 0.29) is 0 Å². The van der Waals surface area contributed by atoms with E-state index in [0.29, 0.717) is 0 Å². The predicted octanol–water partition coefficient (Wildman–Crippen LogP) is 5.03. The van der Waals surface area contributed by atoms with Crippen molar-refractivity contribution >= 4 is 28.5 Å². The van der Waals surface area contributed by atoms with Gasteiger partial charge in [0.05, 0.1) is 0 Å². The summed E-state index contributed by atoms with van der Waals surface area (Å²) < 4.78 is 0. The fraction of sp³-hybridized carbons (Fsp3) is 0.368. The third kappa shape index (κ3) is 2.54. The van der Waals surface area contributed by atoms with Gasteiger partial charge in [-0.1, -0.05) is 23.2 Å². The molecule has 22 heavy (non-hydrogen) atoms. The number of halogens is 1. The van der Waals surface area contributed by atoms with Crippen molar-refractivity contribution in [1.29, 1.82) is 0 Å². The number of thiophene rings is 1. The molecule has 1 aromatic heterocycles. The van der Waals surface area contributed by atoms with Crippen molar-refractivity contribution in [2.45, 2.75) is 25.7 Å². The standard InChI is InChI=1S/C19H20ClNS/c1-21-9-6-13(7-10-21)19-16-4-3-15(20)12-14(16)2-5-18-17(19)8-11-22-18/h3-4,8,11-12H,2,5-7,9-10H2,1H3. The molecule has 1 aliphatic carbocycles. The van der Waals surface area contributed by atoms with E-state index in [1.165, 1.54) is 53.1 Å². The minimum absolute atomic E-state index is 0.858. The van der Waals surface area contributed by atoms with Crippen LogP contribution in [0.1, 0.15) is 34.4 Å². The molecule has 1 nitrogen and oxygen atoms in total. The number of aryl methyl sites for hydroxylation is 2. The van der Waals surface area contributed by atoms with Crippen LogP contribution in [0.15, 0.2) is 35.2 Å². The van der Waals surface area contributed by atoms with E-state index in [1.807, 2.05) is 17.4 Å². The first-order chi connectivity index (χ1) is 10.7. The summed E-state index contributed by atoms with van der Waals surface area (Å²) in [5.74, 6) is 0. The molecule has 3 heteroatoms. The molecule has 114 valence electrons. The summed E-state index contributed by atoms with van der Waals surface area (Å²) in [6, 6.07) is 8.78. The van der Waals surface area contributed by atoms with Gasteiger partial charge < -0.3 is 4.90 Å². The zero-order valence-electron chi connectivity index (χ0n) is 12.9. The molecule has 0 N–H and O–H groups in total. The molecule has 1 aromatic carbocycles. The average Bonchev–Trinajstić information content (AvgIpc) is 2.92. The second-order valence-electron chi connectivity index (χ2n) is 6.34. The minimum Gasteiger partial charge on any atom is -0.306 e. The molecule has 1 saturated heterocycles. The van der Waals surface area contributed by atoms with Crippen LogP contribution >= 0.6 is 22.9 Å². The summed E-state index contributed by atoms with van der Waals surface area (Å²) in [6.07, 6.45) is 4.60. The molecule has 1 fully saturated rings. The van der Waals surface area contributed by atoms with Gasteiger partial charge in [-0.2, -0.15) is 0 Å². The monoisotopic (exact) mass is 329 g/mol. The van der Waals surface area contributed by atoms with Crippen molar-refractivity contribution in [1.82, 2.24) is 4.90 Å². The first-order valence-corrected chi connectivity index (χ1v) is 9.24. The van der Waals surface area contributed by atoms with Crippen molar-refractivity contribution in [3.05, 3.63) is 61.8 Å². The second kappa shape index (κ2) is 5.84. The molecule has 2 aromatic rings. The van der Waals surface area contributed by atoms with Crippen molar-refractivity contribution in [2.75, 3.05) is 20.1 Å². The summed E-state index contributed by atoms with van der Waals surface area (Å²) in [5, 5.41) is 3.11. The second-order valence-corrected chi connectivity index (χ2v) is 7.78. The van der Waals surface area contributed by atoms with Crippen molar-refractivity contribution < 1.29 is 0 Å². The van der Waals surface area contributed by atoms with Crippen LogP contribution in [0.5, 0.6) is 0 Å². The lowest BCUT2D eigenvalue weighted by Gasteiger charge is -2.27. The van der Waals surface area contributed by atoms with Gasteiger partial charge in [-0.05, 0) is 78.6 Å². The molecule has 0 saturated carbocycles. The Labute approximate surface area is 141 Å². The Morgan fingerprint density at radius 2 is 1.82 bits per heavy atom. The van der Waals surface area contributed by atoms with E-state index in [4.69, 9.17) is 11.6 Å². The number of hydrogen-bond donors (Lipinski definition) is 0. The van der Waals surface area contributed by atoms with E-state index in [1.54, 1.807) is 5.57 Å². The third-order valence-corrected chi connectivity index (χ3v) is 6.13. The Bertz CT molecular complexity index is 734. The van der Waals surface area contributed by atoms with Gasteiger partial charge in [0, 0.05) is 23.0 Å². The van der Waals surface area contributed by atoms with Gasteiger partial charge in [0.15, 0.2) is 0 Å². The van der Waals surface area contributed by atoms with Crippen LogP contribution in [-0.2, 0) is 12.8 Å². The lowest BCUT2D eigenvalue weighted by Crippen LogP contribution is -2.27. The average molecular weight is 330 g/mol. The molecule has 4 rings (SSSR count). The van der Waals surface area contributed by atoms with Gasteiger partial charge >= 0.3 is 0 Å². The summed E-state index contributed by atoms with van der Waals surface area (Å²) in [6.45, 7) is 2.34. The van der Waals surface area contributed by atoms with Crippen LogP contribution in [0.4, 0.5) is 0 Å². The fourth-order valence-electron chi connectivity index (χ4n) is 3.68. The van der Waals surface area contributed by atoms with E-state index in [9.17, 15) is 0 Å². The Balaban J connectivity index is 1.92. The summed E-state index contributed by atoms with van der Waals surface area (Å²) in [7, 11) is 2.22. The number of benzene rings is 1. The molecule has 1 aliphatic heterocycles. The number of fused-ring (bicyclic) bond motifs is 2. The highest BCUT2D eigenvalue weighted by atomic mass is 35.5. The lowest BCUT2D eigenvalue weighted by atomic mass is 9.88. The number of likely N-dealkylation sites (tertiary alicyclic amines) is 1. The maximum atomic E-state index is 6.25. The van der Waals surface area contributed by atoms with Crippen molar-refractivity contribution in [2.24, 2.45) is 0 Å². The topological polar surface area (TPSA) is 3.24 Å². The zero-order chi connectivity index (χ0) is 15.1. The highest BCUT2D eigenvalue weighted by Crippen LogP contribution is 2.40. The Morgan fingerprint density at radius 3 is 2.64 bits per heavy atom. The smallest absolute Gasteiger partial charge is 0.0409 e. The quantitative estimate of drug-likeness (QED) is 0.655. The number of nitrogens with zero attached hydrogens (tertiary/aromatic N) is 1. The number of rotatable bonds is 0. The molecule has 2 heterocycles. The van der Waals surface area contributed by atoms with Gasteiger partial charge in [0.25, 0.3) is 0 Å². The molecule has 0 unspecified atom stereocenters. The van der Waals surface area contributed by atoms with Crippen LogP contribution in [0, 0.1) is 0 Å². The first-order valence-electron chi connectivity index (χ1n) is 7.98. The maximum Gasteiger partial charge on any atom is 0.0409 e. The molecule has 2 aliphatic rings. The fourth-order valence-corrected chi connectivity index (χ4v) is 4.76. The van der Waals surface area contributed by atoms with E-state index in [0.717, 1.165) is 17.9 Å². The Morgan fingerprint density at radius 1 is 1.00 bits per heavy atom. The first kappa shape index (κ1) is 14.5. The molecule has 0 bridgehead atoms. The van der Waals surface area contributed by atoms with Crippen molar-refractivity contribution in [3.63, 3.8) is 0 Å². The molecule has 0 atom stereocenters. The summed E-state index contributed by atoms with van der Waals surface area (Å²) in [5.41, 5.74) is 7.45. The molecule has 0 radical (unpaired) electrons. The van der Waals surface area contributed by atoms with Crippen LogP contribution < -0.4 is 0 Å². The molecular formula is C19H20ClNS. The Kier molecular flexibility index (Phi) is 3.85. The van der Waals surface area contributed by atoms with Crippen LogP contribution in [0.25, 0.3) is 5.57 Å². The number of piperidine rings is 1. The Hall–Kier alpha value is -1.09. The van der Waals surface area contributed by atoms with Gasteiger partial charge in [0.2, 0.25) is 0 Å². The zero-order valence-corrected chi connectivity index (χ0v) is 14.4. The van der Waals surface area contributed by atoms with Gasteiger partial charge in [-0.15, -0.1) is 11.3 Å². The molecular weight excluding hydrogens is 310 g/mol.